The van der Waals surface area contributed by atoms with Crippen LogP contribution in [0.1, 0.15) is 109 Å². The van der Waals surface area contributed by atoms with Gasteiger partial charge in [0.1, 0.15) is 18.9 Å². The van der Waals surface area contributed by atoms with Gasteiger partial charge in [-0.3, -0.25) is 4.79 Å². The normalized spacial score (nSPS) is 30.8. The van der Waals surface area contributed by atoms with E-state index in [1.807, 2.05) is 0 Å². The second-order valence-corrected chi connectivity index (χ2v) is 12.3. The summed E-state index contributed by atoms with van der Waals surface area (Å²) in [7, 11) is 0. The van der Waals surface area contributed by atoms with E-state index in [0.717, 1.165) is 96.3 Å². The number of halogens is 1. The van der Waals surface area contributed by atoms with Crippen LogP contribution >= 0.6 is 0 Å². The molecule has 3 aliphatic rings. The molecule has 0 aliphatic heterocycles. The minimum atomic E-state index is -0.737. The maximum absolute atomic E-state index is 15.2. The Morgan fingerprint density at radius 3 is 2.12 bits per heavy atom. The summed E-state index contributed by atoms with van der Waals surface area (Å²) in [5, 5.41) is 0. The molecule has 0 spiro atoms. The van der Waals surface area contributed by atoms with Gasteiger partial charge in [0.15, 0.2) is 0 Å². The summed E-state index contributed by atoms with van der Waals surface area (Å²) in [6.45, 7) is 8.44. The molecular weight excluding hydrogens is 511 g/mol. The Morgan fingerprint density at radius 1 is 0.775 bits per heavy atom. The quantitative estimate of drug-likeness (QED) is 0.0447. The van der Waals surface area contributed by atoms with E-state index in [0.29, 0.717) is 44.0 Å². The average molecular weight is 565 g/mol. The van der Waals surface area contributed by atoms with E-state index in [1.54, 1.807) is 6.08 Å². The van der Waals surface area contributed by atoms with Crippen molar-refractivity contribution in [1.29, 1.82) is 0 Å². The number of hydrogen-bond donors (Lipinski definition) is 0. The summed E-state index contributed by atoms with van der Waals surface area (Å²) in [5.41, 5.74) is 0. The molecule has 0 radical (unpaired) electrons. The Labute approximate surface area is 241 Å². The first-order valence-electron chi connectivity index (χ1n) is 16.0. The first-order chi connectivity index (χ1) is 19.5. The zero-order valence-corrected chi connectivity index (χ0v) is 24.6. The van der Waals surface area contributed by atoms with Gasteiger partial charge in [-0.05, 0) is 114 Å². The van der Waals surface area contributed by atoms with Crippen LogP contribution in [-0.4, -0.2) is 44.0 Å². The molecule has 0 N–H and O–H groups in total. The van der Waals surface area contributed by atoms with Gasteiger partial charge in [0.25, 0.3) is 0 Å². The second-order valence-electron chi connectivity index (χ2n) is 12.3. The minimum absolute atomic E-state index is 0.0122. The van der Waals surface area contributed by atoms with Gasteiger partial charge in [-0.2, -0.15) is 0 Å². The van der Waals surface area contributed by atoms with Crippen LogP contribution in [0.2, 0.25) is 0 Å². The summed E-state index contributed by atoms with van der Waals surface area (Å²) >= 11 is 0. The Morgan fingerprint density at radius 2 is 1.45 bits per heavy atom. The van der Waals surface area contributed by atoms with Gasteiger partial charge in [-0.25, -0.2) is 19.0 Å². The lowest BCUT2D eigenvalue weighted by Crippen LogP contribution is -2.36. The molecule has 0 aromatic carbocycles. The standard InChI is InChI=1S/C33H53FO6/c1-3-21-38-39-23-8-6-9-25-11-18-29(19-12-25)40-33(36)28-16-14-27(15-17-28)30-20-13-26(24-31(30)34)10-5-7-22-37-32(35)4-2/h3-4,25-31H,1-2,5-24H2. The van der Waals surface area contributed by atoms with Crippen molar-refractivity contribution in [3.05, 3.63) is 25.3 Å². The van der Waals surface area contributed by atoms with Crippen molar-refractivity contribution >= 4 is 11.9 Å². The molecule has 0 bridgehead atoms. The highest BCUT2D eigenvalue weighted by atomic mass is 19.1. The highest BCUT2D eigenvalue weighted by Gasteiger charge is 2.39. The zero-order chi connectivity index (χ0) is 28.6. The molecule has 3 saturated carbocycles. The first kappa shape index (κ1) is 32.8. The molecule has 0 heterocycles. The van der Waals surface area contributed by atoms with E-state index < -0.39 is 6.17 Å². The fraction of sp³-hybridized carbons (Fsp3) is 0.818. The molecule has 228 valence electrons. The third-order valence-corrected chi connectivity index (χ3v) is 9.50. The zero-order valence-electron chi connectivity index (χ0n) is 24.6. The number of esters is 2. The number of carbonyl (C=O) groups is 2. The highest BCUT2D eigenvalue weighted by molar-refractivity contribution is 5.81. The highest BCUT2D eigenvalue weighted by Crippen LogP contribution is 2.44. The summed E-state index contributed by atoms with van der Waals surface area (Å²) in [6.07, 6.45) is 18.7. The third kappa shape index (κ3) is 11.6. The van der Waals surface area contributed by atoms with E-state index in [4.69, 9.17) is 19.2 Å². The molecule has 3 unspecified atom stereocenters. The van der Waals surface area contributed by atoms with Crippen molar-refractivity contribution < 1.29 is 33.2 Å². The molecule has 6 nitrogen and oxygen atoms in total. The Balaban J connectivity index is 1.24. The number of ether oxygens (including phenoxy) is 2. The third-order valence-electron chi connectivity index (χ3n) is 9.50. The Hall–Kier alpha value is -1.73. The van der Waals surface area contributed by atoms with Crippen molar-refractivity contribution in [3.63, 3.8) is 0 Å². The van der Waals surface area contributed by atoms with Crippen LogP contribution in [0.15, 0.2) is 25.3 Å². The fourth-order valence-corrected chi connectivity index (χ4v) is 7.11. The fourth-order valence-electron chi connectivity index (χ4n) is 7.11. The SMILES string of the molecule is C=CCOOCCCCC1CCC(OC(=O)C2CCC(C3CCC(CCCCOC(=O)C=C)CC3F)CC2)CC1. The lowest BCUT2D eigenvalue weighted by Gasteiger charge is -2.39. The number of alkyl halides is 1. The topological polar surface area (TPSA) is 71.1 Å². The number of rotatable bonds is 17. The van der Waals surface area contributed by atoms with E-state index in [1.165, 1.54) is 12.5 Å². The predicted molar refractivity (Wildman–Crippen MR) is 154 cm³/mol. The maximum atomic E-state index is 15.2. The van der Waals surface area contributed by atoms with Crippen molar-refractivity contribution in [2.75, 3.05) is 19.8 Å². The van der Waals surface area contributed by atoms with Gasteiger partial charge in [-0.1, -0.05) is 31.9 Å². The summed E-state index contributed by atoms with van der Waals surface area (Å²) in [5.74, 6) is 1.27. The predicted octanol–water partition coefficient (Wildman–Crippen LogP) is 7.85. The Kier molecular flexibility index (Phi) is 15.3. The van der Waals surface area contributed by atoms with Gasteiger partial charge < -0.3 is 9.47 Å². The van der Waals surface area contributed by atoms with Gasteiger partial charge >= 0.3 is 11.9 Å². The first-order valence-corrected chi connectivity index (χ1v) is 16.0. The molecule has 3 aliphatic carbocycles. The molecule has 40 heavy (non-hydrogen) atoms. The van der Waals surface area contributed by atoms with Crippen LogP contribution in [-0.2, 0) is 28.8 Å². The van der Waals surface area contributed by atoms with Crippen LogP contribution in [0, 0.1) is 29.6 Å². The number of carbonyl (C=O) groups excluding carboxylic acids is 2. The maximum Gasteiger partial charge on any atom is 0.330 e. The largest absolute Gasteiger partial charge is 0.463 e. The molecule has 0 amide bonds. The van der Waals surface area contributed by atoms with Gasteiger partial charge in [-0.15, -0.1) is 6.58 Å². The van der Waals surface area contributed by atoms with Crippen molar-refractivity contribution in [2.45, 2.75) is 121 Å². The molecule has 3 rings (SSSR count). The molecule has 3 atom stereocenters. The van der Waals surface area contributed by atoms with Crippen molar-refractivity contribution in [2.24, 2.45) is 29.6 Å². The van der Waals surface area contributed by atoms with Crippen LogP contribution in [0.5, 0.6) is 0 Å². The van der Waals surface area contributed by atoms with Gasteiger partial charge in [0.05, 0.1) is 19.1 Å². The lowest BCUT2D eigenvalue weighted by molar-refractivity contribution is -0.286. The van der Waals surface area contributed by atoms with Crippen LogP contribution < -0.4 is 0 Å². The van der Waals surface area contributed by atoms with E-state index in [-0.39, 0.29) is 29.9 Å². The molecule has 0 aromatic heterocycles. The van der Waals surface area contributed by atoms with E-state index in [9.17, 15) is 9.59 Å². The van der Waals surface area contributed by atoms with Gasteiger partial charge in [0, 0.05) is 6.08 Å². The summed E-state index contributed by atoms with van der Waals surface area (Å²) < 4.78 is 26.2. The van der Waals surface area contributed by atoms with E-state index in [2.05, 4.69) is 13.2 Å². The van der Waals surface area contributed by atoms with E-state index >= 15 is 4.39 Å². The van der Waals surface area contributed by atoms with Crippen molar-refractivity contribution in [1.82, 2.24) is 0 Å². The van der Waals surface area contributed by atoms with Crippen LogP contribution in [0.3, 0.4) is 0 Å². The smallest absolute Gasteiger partial charge is 0.330 e. The molecule has 0 saturated heterocycles. The van der Waals surface area contributed by atoms with Crippen LogP contribution in [0.4, 0.5) is 4.39 Å². The minimum Gasteiger partial charge on any atom is -0.463 e. The summed E-state index contributed by atoms with van der Waals surface area (Å²) in [4.78, 5) is 34.1. The van der Waals surface area contributed by atoms with Crippen LogP contribution in [0.25, 0.3) is 0 Å². The molecule has 0 aromatic rings. The van der Waals surface area contributed by atoms with Gasteiger partial charge in [0.2, 0.25) is 0 Å². The number of unbranched alkanes of at least 4 members (excludes halogenated alkanes) is 2. The molecule has 3 fully saturated rings. The Bertz CT molecular complexity index is 756. The molecular formula is C33H53FO6. The lowest BCUT2D eigenvalue weighted by atomic mass is 9.68. The number of hydrogen-bond acceptors (Lipinski definition) is 6. The average Bonchev–Trinajstić information content (AvgIpc) is 2.97. The molecule has 7 heteroatoms. The second kappa shape index (κ2) is 18.7. The monoisotopic (exact) mass is 564 g/mol. The van der Waals surface area contributed by atoms with Crippen molar-refractivity contribution in [3.8, 4) is 0 Å². The summed E-state index contributed by atoms with van der Waals surface area (Å²) in [6, 6.07) is 0.